The van der Waals surface area contributed by atoms with Crippen molar-refractivity contribution in [3.05, 3.63) is 59.4 Å². The van der Waals surface area contributed by atoms with Crippen molar-refractivity contribution in [1.82, 2.24) is 14.5 Å². The number of carbonyl (C=O) groups is 2. The molecule has 1 saturated carbocycles. The Hall–Kier alpha value is -3.56. The molecule has 5 rings (SSSR count). The summed E-state index contributed by atoms with van der Waals surface area (Å²) in [5.41, 5.74) is 2.69. The number of amides is 1. The zero-order valence-electron chi connectivity index (χ0n) is 21.1. The molecular weight excluding hydrogens is 499 g/mol. The van der Waals surface area contributed by atoms with Crippen LogP contribution in [0.5, 0.6) is 5.75 Å². The van der Waals surface area contributed by atoms with Crippen LogP contribution in [-0.4, -0.2) is 44.3 Å². The molecule has 3 heterocycles. The Morgan fingerprint density at radius 3 is 2.66 bits per heavy atom. The van der Waals surface area contributed by atoms with Crippen LogP contribution in [0.4, 0.5) is 13.2 Å². The number of ether oxygens (including phenoxy) is 1. The van der Waals surface area contributed by atoms with Crippen LogP contribution in [0, 0.1) is 11.3 Å². The van der Waals surface area contributed by atoms with Crippen LogP contribution in [0.15, 0.2) is 42.6 Å². The molecule has 1 amide bonds. The summed E-state index contributed by atoms with van der Waals surface area (Å²) in [7, 11) is 0. The van der Waals surface area contributed by atoms with Gasteiger partial charge in [0.15, 0.2) is 0 Å². The van der Waals surface area contributed by atoms with E-state index in [4.69, 9.17) is 0 Å². The minimum Gasteiger partial charge on any atom is -0.481 e. The lowest BCUT2D eigenvalue weighted by molar-refractivity contribution is -0.274. The summed E-state index contributed by atoms with van der Waals surface area (Å²) in [6.45, 7) is 3.03. The molecule has 1 aliphatic carbocycles. The first-order valence-electron chi connectivity index (χ1n) is 12.8. The molecule has 2 aromatic heterocycles. The van der Waals surface area contributed by atoms with Crippen molar-refractivity contribution in [3.63, 3.8) is 0 Å². The van der Waals surface area contributed by atoms with Crippen molar-refractivity contribution in [2.24, 2.45) is 11.3 Å². The average Bonchev–Trinajstić information content (AvgIpc) is 3.17. The normalized spacial score (nSPS) is 21.8. The maximum Gasteiger partial charge on any atom is 0.573 e. The van der Waals surface area contributed by atoms with E-state index in [0.29, 0.717) is 57.2 Å². The average molecular weight is 530 g/mol. The van der Waals surface area contributed by atoms with Crippen LogP contribution in [0.1, 0.15) is 55.8 Å². The molecule has 1 aliphatic heterocycles. The lowest BCUT2D eigenvalue weighted by Gasteiger charge is -2.35. The number of hydrogen-bond donors (Lipinski definition) is 1. The van der Waals surface area contributed by atoms with Gasteiger partial charge in [0, 0.05) is 36.8 Å². The maximum atomic E-state index is 13.3. The van der Waals surface area contributed by atoms with E-state index in [0.717, 1.165) is 22.3 Å². The smallest absolute Gasteiger partial charge is 0.481 e. The first kappa shape index (κ1) is 26.1. The van der Waals surface area contributed by atoms with Crippen molar-refractivity contribution in [2.45, 2.75) is 64.9 Å². The zero-order valence-corrected chi connectivity index (χ0v) is 21.1. The number of nitrogens with zero attached hydrogens (tertiary/aromatic N) is 3. The fourth-order valence-electron chi connectivity index (χ4n) is 5.78. The summed E-state index contributed by atoms with van der Waals surface area (Å²) < 4.78 is 44.3. The molecule has 7 nitrogen and oxygen atoms in total. The van der Waals surface area contributed by atoms with E-state index in [1.807, 2.05) is 21.6 Å². The third-order valence-corrected chi connectivity index (χ3v) is 8.03. The third-order valence-electron chi connectivity index (χ3n) is 8.03. The topological polar surface area (TPSA) is 84.7 Å². The summed E-state index contributed by atoms with van der Waals surface area (Å²) in [4.78, 5) is 31.2. The van der Waals surface area contributed by atoms with Gasteiger partial charge in [0.25, 0.3) is 0 Å². The van der Waals surface area contributed by atoms with Crippen LogP contribution < -0.4 is 4.74 Å². The lowest BCUT2D eigenvalue weighted by atomic mass is 9.71. The summed E-state index contributed by atoms with van der Waals surface area (Å²) >= 11 is 0. The third kappa shape index (κ3) is 5.35. The number of pyridine rings is 1. The quantitative estimate of drug-likeness (QED) is 0.453. The number of aliphatic carboxylic acids is 1. The predicted molar refractivity (Wildman–Crippen MR) is 133 cm³/mol. The zero-order chi connectivity index (χ0) is 27.1. The molecule has 1 aromatic carbocycles. The number of alkyl halides is 3. The van der Waals surface area contributed by atoms with Crippen LogP contribution in [0.2, 0.25) is 0 Å². The van der Waals surface area contributed by atoms with Crippen molar-refractivity contribution >= 4 is 22.9 Å². The monoisotopic (exact) mass is 529 g/mol. The second-order valence-corrected chi connectivity index (χ2v) is 10.7. The van der Waals surface area contributed by atoms with E-state index in [9.17, 15) is 27.9 Å². The first-order chi connectivity index (χ1) is 18.0. The molecule has 0 atom stereocenters. The van der Waals surface area contributed by atoms with Gasteiger partial charge < -0.3 is 19.3 Å². The fourth-order valence-corrected chi connectivity index (χ4v) is 5.78. The number of hydrogen-bond acceptors (Lipinski definition) is 4. The van der Waals surface area contributed by atoms with E-state index in [-0.39, 0.29) is 24.1 Å². The number of benzene rings is 1. The molecule has 0 unspecified atom stereocenters. The fraction of sp³-hybridized carbons (Fsp3) is 0.464. The highest BCUT2D eigenvalue weighted by molar-refractivity contribution is 5.84. The number of carboxylic acids is 1. The second-order valence-electron chi connectivity index (χ2n) is 10.7. The Kier molecular flexibility index (Phi) is 6.83. The Labute approximate surface area is 218 Å². The molecule has 10 heteroatoms. The standard InChI is InChI=1S/C28H30F3N3O4/c1-27(26(36)37)10-7-18(8-11-27)15-24(35)33-13-9-21-22-6-3-12-32-25(22)34(23(21)17-33)16-19-4-2-5-20(14-19)38-28(29,30)31/h2-6,12,14,18H,7-11,13,15-17H2,1H3,(H,36,37). The van der Waals surface area contributed by atoms with Crippen LogP contribution >= 0.6 is 0 Å². The van der Waals surface area contributed by atoms with Crippen molar-refractivity contribution in [2.75, 3.05) is 6.54 Å². The highest BCUT2D eigenvalue weighted by Crippen LogP contribution is 2.40. The number of aromatic nitrogens is 2. The van der Waals surface area contributed by atoms with Gasteiger partial charge in [-0.2, -0.15) is 0 Å². The van der Waals surface area contributed by atoms with Gasteiger partial charge in [-0.05, 0) is 80.3 Å². The summed E-state index contributed by atoms with van der Waals surface area (Å²) in [5, 5.41) is 10.5. The van der Waals surface area contributed by atoms with E-state index in [1.54, 1.807) is 19.2 Å². The van der Waals surface area contributed by atoms with Crippen molar-refractivity contribution < 1.29 is 32.6 Å². The Morgan fingerprint density at radius 2 is 1.95 bits per heavy atom. The van der Waals surface area contributed by atoms with Gasteiger partial charge in [0.1, 0.15) is 11.4 Å². The Morgan fingerprint density at radius 1 is 1.18 bits per heavy atom. The molecule has 0 saturated heterocycles. The van der Waals surface area contributed by atoms with Crippen LogP contribution in [-0.2, 0) is 29.1 Å². The number of halogens is 3. The molecule has 1 fully saturated rings. The van der Waals surface area contributed by atoms with Crippen LogP contribution in [0.25, 0.3) is 11.0 Å². The molecule has 38 heavy (non-hydrogen) atoms. The number of fused-ring (bicyclic) bond motifs is 3. The molecule has 0 radical (unpaired) electrons. The second kappa shape index (κ2) is 9.96. The van der Waals surface area contributed by atoms with Crippen molar-refractivity contribution in [1.29, 1.82) is 0 Å². The lowest BCUT2D eigenvalue weighted by Crippen LogP contribution is -2.39. The summed E-state index contributed by atoms with van der Waals surface area (Å²) in [6, 6.07) is 9.75. The molecule has 1 N–H and O–H groups in total. The molecule has 0 bridgehead atoms. The van der Waals surface area contributed by atoms with E-state index in [1.165, 1.54) is 18.2 Å². The molecular formula is C28H30F3N3O4. The van der Waals surface area contributed by atoms with Gasteiger partial charge in [-0.25, -0.2) is 4.98 Å². The minimum atomic E-state index is -4.77. The predicted octanol–water partition coefficient (Wildman–Crippen LogP) is 5.54. The largest absolute Gasteiger partial charge is 0.573 e. The van der Waals surface area contributed by atoms with E-state index < -0.39 is 17.7 Å². The van der Waals surface area contributed by atoms with E-state index >= 15 is 0 Å². The molecule has 202 valence electrons. The number of carbonyl (C=O) groups excluding carboxylic acids is 1. The van der Waals surface area contributed by atoms with Gasteiger partial charge in [0.2, 0.25) is 5.91 Å². The number of carboxylic acid groups (broad SMARTS) is 1. The van der Waals surface area contributed by atoms with Crippen LogP contribution in [0.3, 0.4) is 0 Å². The highest BCUT2D eigenvalue weighted by atomic mass is 19.4. The van der Waals surface area contributed by atoms with Gasteiger partial charge >= 0.3 is 12.3 Å². The molecule has 0 spiro atoms. The summed E-state index contributed by atoms with van der Waals surface area (Å²) in [6.07, 6.45) is 0.538. The van der Waals surface area contributed by atoms with E-state index in [2.05, 4.69) is 9.72 Å². The number of rotatable bonds is 6. The van der Waals surface area contributed by atoms with Gasteiger partial charge in [-0.15, -0.1) is 13.2 Å². The minimum absolute atomic E-state index is 0.0462. The van der Waals surface area contributed by atoms with Gasteiger partial charge in [0.05, 0.1) is 12.0 Å². The molecule has 2 aliphatic rings. The first-order valence-corrected chi connectivity index (χ1v) is 12.8. The Bertz CT molecular complexity index is 1360. The van der Waals surface area contributed by atoms with Gasteiger partial charge in [-0.3, -0.25) is 9.59 Å². The molecule has 3 aromatic rings. The summed E-state index contributed by atoms with van der Waals surface area (Å²) in [5.74, 6) is -0.843. The van der Waals surface area contributed by atoms with Crippen molar-refractivity contribution in [3.8, 4) is 5.75 Å². The SMILES string of the molecule is CC1(C(=O)O)CCC(CC(=O)N2CCc3c(n(Cc4cccc(OC(F)(F)F)c4)c4ncccc34)C2)CC1. The Balaban J connectivity index is 1.35. The highest BCUT2D eigenvalue weighted by Gasteiger charge is 2.38. The van der Waals surface area contributed by atoms with Gasteiger partial charge in [-0.1, -0.05) is 12.1 Å². The maximum absolute atomic E-state index is 13.3.